The number of hydrogen-bond donors (Lipinski definition) is 2. The molecule has 0 amide bonds. The van der Waals surface area contributed by atoms with Crippen LogP contribution >= 0.6 is 0 Å². The predicted octanol–water partition coefficient (Wildman–Crippen LogP) is 1.86. The second-order valence-electron chi connectivity index (χ2n) is 5.36. The lowest BCUT2D eigenvalue weighted by atomic mass is 9.62. The van der Waals surface area contributed by atoms with Crippen molar-refractivity contribution in [2.75, 3.05) is 0 Å². The Hall–Kier alpha value is -0.570. The zero-order chi connectivity index (χ0) is 11.1. The van der Waals surface area contributed by atoms with Gasteiger partial charge in [-0.1, -0.05) is 20.8 Å². The van der Waals surface area contributed by atoms with Crippen LogP contribution in [0.3, 0.4) is 0 Å². The molecule has 0 aliphatic heterocycles. The molecule has 3 unspecified atom stereocenters. The molecule has 3 heteroatoms. The monoisotopic (exact) mass is 199 g/mol. The first-order valence-electron chi connectivity index (χ1n) is 5.22. The van der Waals surface area contributed by atoms with Crippen LogP contribution in [-0.2, 0) is 4.79 Å². The van der Waals surface area contributed by atoms with Crippen molar-refractivity contribution >= 4 is 5.97 Å². The van der Waals surface area contributed by atoms with Gasteiger partial charge in [0, 0.05) is 6.04 Å². The van der Waals surface area contributed by atoms with E-state index >= 15 is 0 Å². The largest absolute Gasteiger partial charge is 0.481 e. The summed E-state index contributed by atoms with van der Waals surface area (Å²) in [6, 6.07) is 0.0434. The molecule has 0 saturated heterocycles. The molecular weight excluding hydrogens is 178 g/mol. The summed E-state index contributed by atoms with van der Waals surface area (Å²) in [6.07, 6.45) is 1.66. The Kier molecular flexibility index (Phi) is 2.65. The maximum atomic E-state index is 11.1. The summed E-state index contributed by atoms with van der Waals surface area (Å²) in [6.45, 7) is 8.15. The Labute approximate surface area is 85.7 Å². The van der Waals surface area contributed by atoms with Gasteiger partial charge in [-0.3, -0.25) is 4.79 Å². The third-order valence-electron chi connectivity index (χ3n) is 4.60. The lowest BCUT2D eigenvalue weighted by molar-refractivity contribution is -0.146. The van der Waals surface area contributed by atoms with Gasteiger partial charge >= 0.3 is 5.97 Å². The van der Waals surface area contributed by atoms with Crippen molar-refractivity contribution in [1.82, 2.24) is 0 Å². The van der Waals surface area contributed by atoms with Crippen LogP contribution in [0.1, 0.15) is 40.5 Å². The first kappa shape index (κ1) is 11.5. The summed E-state index contributed by atoms with van der Waals surface area (Å²) >= 11 is 0. The van der Waals surface area contributed by atoms with Crippen LogP contribution in [-0.4, -0.2) is 17.1 Å². The van der Waals surface area contributed by atoms with Crippen LogP contribution in [0.5, 0.6) is 0 Å². The highest BCUT2D eigenvalue weighted by Crippen LogP contribution is 2.57. The van der Waals surface area contributed by atoms with E-state index in [0.29, 0.717) is 0 Å². The smallest absolute Gasteiger partial charge is 0.307 e. The van der Waals surface area contributed by atoms with E-state index in [1.54, 1.807) is 0 Å². The van der Waals surface area contributed by atoms with E-state index in [1.165, 1.54) is 0 Å². The molecule has 14 heavy (non-hydrogen) atoms. The summed E-state index contributed by atoms with van der Waals surface area (Å²) in [7, 11) is 0. The van der Waals surface area contributed by atoms with Crippen LogP contribution < -0.4 is 5.73 Å². The second-order valence-corrected chi connectivity index (χ2v) is 5.36. The van der Waals surface area contributed by atoms with Crippen LogP contribution in [0.4, 0.5) is 0 Å². The number of carboxylic acid groups (broad SMARTS) is 1. The molecule has 3 N–H and O–H groups in total. The Morgan fingerprint density at radius 3 is 2.21 bits per heavy atom. The van der Waals surface area contributed by atoms with Crippen LogP contribution in [0, 0.1) is 16.7 Å². The van der Waals surface area contributed by atoms with Gasteiger partial charge in [-0.05, 0) is 30.6 Å². The van der Waals surface area contributed by atoms with E-state index in [9.17, 15) is 4.79 Å². The molecule has 1 aliphatic rings. The third-order valence-corrected chi connectivity index (χ3v) is 4.60. The molecule has 0 radical (unpaired) electrons. The minimum absolute atomic E-state index is 0.0434. The van der Waals surface area contributed by atoms with Crippen molar-refractivity contribution in [3.8, 4) is 0 Å². The molecule has 1 rings (SSSR count). The maximum absolute atomic E-state index is 11.1. The minimum atomic E-state index is -0.681. The fraction of sp³-hybridized carbons (Fsp3) is 0.909. The van der Waals surface area contributed by atoms with Gasteiger partial charge in [-0.25, -0.2) is 0 Å². The number of carbonyl (C=O) groups is 1. The lowest BCUT2D eigenvalue weighted by Gasteiger charge is -2.43. The molecule has 0 aromatic carbocycles. The van der Waals surface area contributed by atoms with Crippen molar-refractivity contribution in [3.05, 3.63) is 0 Å². The first-order chi connectivity index (χ1) is 6.23. The fourth-order valence-corrected chi connectivity index (χ4v) is 2.77. The van der Waals surface area contributed by atoms with Crippen LogP contribution in [0.2, 0.25) is 0 Å². The van der Waals surface area contributed by atoms with Gasteiger partial charge in [0.05, 0.1) is 5.92 Å². The Bertz CT molecular complexity index is 248. The number of rotatable bonds is 2. The average Bonchev–Trinajstić information content (AvgIpc) is 2.24. The maximum Gasteiger partial charge on any atom is 0.307 e. The summed E-state index contributed by atoms with van der Waals surface area (Å²) in [5, 5.41) is 9.12. The van der Waals surface area contributed by atoms with Crippen molar-refractivity contribution in [2.45, 2.75) is 46.6 Å². The Morgan fingerprint density at radius 2 is 2.00 bits per heavy atom. The van der Waals surface area contributed by atoms with Gasteiger partial charge in [0.15, 0.2) is 0 Å². The van der Waals surface area contributed by atoms with E-state index < -0.39 is 5.97 Å². The van der Waals surface area contributed by atoms with Gasteiger partial charge in [0.1, 0.15) is 0 Å². The zero-order valence-corrected chi connectivity index (χ0v) is 9.50. The Morgan fingerprint density at radius 1 is 1.50 bits per heavy atom. The normalized spacial score (nSPS) is 38.2. The molecule has 1 saturated carbocycles. The van der Waals surface area contributed by atoms with Gasteiger partial charge in [-0.2, -0.15) is 0 Å². The summed E-state index contributed by atoms with van der Waals surface area (Å²) in [5.41, 5.74) is 5.70. The highest BCUT2D eigenvalue weighted by atomic mass is 16.4. The van der Waals surface area contributed by atoms with Gasteiger partial charge in [0.2, 0.25) is 0 Å². The molecule has 3 nitrogen and oxygen atoms in total. The zero-order valence-electron chi connectivity index (χ0n) is 9.50. The summed E-state index contributed by atoms with van der Waals surface area (Å²) in [4.78, 5) is 11.1. The minimum Gasteiger partial charge on any atom is -0.481 e. The summed E-state index contributed by atoms with van der Waals surface area (Å²) in [5.74, 6) is -0.933. The van der Waals surface area contributed by atoms with Gasteiger partial charge in [-0.15, -0.1) is 0 Å². The highest BCUT2D eigenvalue weighted by Gasteiger charge is 2.55. The van der Waals surface area contributed by atoms with E-state index in [1.807, 2.05) is 20.8 Å². The molecule has 82 valence electrons. The first-order valence-corrected chi connectivity index (χ1v) is 5.22. The average molecular weight is 199 g/mol. The van der Waals surface area contributed by atoms with Crippen molar-refractivity contribution in [1.29, 1.82) is 0 Å². The molecule has 0 heterocycles. The highest BCUT2D eigenvalue weighted by molar-refractivity contribution is 5.71. The van der Waals surface area contributed by atoms with E-state index in [2.05, 4.69) is 6.92 Å². The molecule has 0 bridgehead atoms. The number of hydrogen-bond acceptors (Lipinski definition) is 2. The van der Waals surface area contributed by atoms with Gasteiger partial charge in [0.25, 0.3) is 0 Å². The van der Waals surface area contributed by atoms with Crippen molar-refractivity contribution in [2.24, 2.45) is 22.5 Å². The topological polar surface area (TPSA) is 63.3 Å². The quantitative estimate of drug-likeness (QED) is 0.713. The number of carboxylic acids is 1. The third kappa shape index (κ3) is 1.34. The molecule has 1 aliphatic carbocycles. The van der Waals surface area contributed by atoms with Crippen LogP contribution in [0.15, 0.2) is 0 Å². The van der Waals surface area contributed by atoms with Gasteiger partial charge < -0.3 is 10.8 Å². The second kappa shape index (κ2) is 3.23. The van der Waals surface area contributed by atoms with E-state index in [-0.39, 0.29) is 22.8 Å². The summed E-state index contributed by atoms with van der Waals surface area (Å²) < 4.78 is 0. The SMILES string of the molecule is CC(N)C1(C)CCC(C(=O)O)C1(C)C. The molecule has 3 atom stereocenters. The van der Waals surface area contributed by atoms with Crippen molar-refractivity contribution < 1.29 is 9.90 Å². The Balaban J connectivity index is 3.02. The molecular formula is C11H21NO2. The van der Waals surface area contributed by atoms with E-state index in [0.717, 1.165) is 12.8 Å². The standard InChI is InChI=1S/C11H21NO2/c1-7(12)11(4)6-5-8(9(13)14)10(11,2)3/h7-8H,5-6,12H2,1-4H3,(H,13,14). The van der Waals surface area contributed by atoms with Crippen LogP contribution in [0.25, 0.3) is 0 Å². The van der Waals surface area contributed by atoms with Crippen molar-refractivity contribution in [3.63, 3.8) is 0 Å². The molecule has 1 fully saturated rings. The lowest BCUT2D eigenvalue weighted by Crippen LogP contribution is -2.47. The fourth-order valence-electron chi connectivity index (χ4n) is 2.77. The van der Waals surface area contributed by atoms with E-state index in [4.69, 9.17) is 10.8 Å². The number of aliphatic carboxylic acids is 1. The molecule has 0 aromatic rings. The molecule has 0 aromatic heterocycles. The molecule has 0 spiro atoms. The number of nitrogens with two attached hydrogens (primary N) is 1. The predicted molar refractivity (Wildman–Crippen MR) is 55.9 cm³/mol.